The van der Waals surface area contributed by atoms with Crippen molar-refractivity contribution in [1.82, 2.24) is 5.32 Å². The highest BCUT2D eigenvalue weighted by atomic mass is 15.1. The third-order valence-corrected chi connectivity index (χ3v) is 3.85. The van der Waals surface area contributed by atoms with Gasteiger partial charge in [-0.1, -0.05) is 30.4 Å². The molecule has 0 fully saturated rings. The predicted octanol–water partition coefficient (Wildman–Crippen LogP) is 3.46. The summed E-state index contributed by atoms with van der Waals surface area (Å²) in [5.41, 5.74) is 1.31. The van der Waals surface area contributed by atoms with Gasteiger partial charge in [-0.05, 0) is 56.8 Å². The maximum Gasteiger partial charge on any atom is 0.0363 e. The first kappa shape index (κ1) is 14.1. The summed E-state index contributed by atoms with van der Waals surface area (Å²) in [7, 11) is 2.17. The monoisotopic (exact) mass is 258 g/mol. The van der Waals surface area contributed by atoms with Crippen molar-refractivity contribution < 1.29 is 0 Å². The fourth-order valence-corrected chi connectivity index (χ4v) is 2.60. The van der Waals surface area contributed by atoms with Gasteiger partial charge in [-0.3, -0.25) is 0 Å². The average molecular weight is 258 g/mol. The van der Waals surface area contributed by atoms with Crippen molar-refractivity contribution in [3.8, 4) is 0 Å². The Hall–Kier alpha value is -1.28. The number of nitrogens with one attached hydrogen (secondary N) is 1. The highest BCUT2D eigenvalue weighted by Gasteiger charge is 2.08. The Kier molecular flexibility index (Phi) is 5.96. The standard InChI is InChI=1S/C17H26N2/c1-19(17-11-6-3-7-12-17)14-8-13-18-15-16-9-4-2-5-10-16/h2-4,6-7,11-12,16,18H,5,8-10,13-15H2,1H3. The van der Waals surface area contributed by atoms with E-state index >= 15 is 0 Å². The number of benzene rings is 1. The van der Waals surface area contributed by atoms with Crippen molar-refractivity contribution in [3.05, 3.63) is 42.5 Å². The summed E-state index contributed by atoms with van der Waals surface area (Å²) < 4.78 is 0. The van der Waals surface area contributed by atoms with Gasteiger partial charge in [0, 0.05) is 19.3 Å². The summed E-state index contributed by atoms with van der Waals surface area (Å²) in [4.78, 5) is 2.32. The molecule has 1 unspecified atom stereocenters. The number of allylic oxidation sites excluding steroid dienone is 2. The molecule has 0 aliphatic heterocycles. The Labute approximate surface area is 117 Å². The van der Waals surface area contributed by atoms with Crippen LogP contribution in [0.2, 0.25) is 0 Å². The highest BCUT2D eigenvalue weighted by Crippen LogP contribution is 2.16. The van der Waals surface area contributed by atoms with Crippen LogP contribution < -0.4 is 10.2 Å². The number of hydrogen-bond donors (Lipinski definition) is 1. The molecule has 0 aromatic heterocycles. The van der Waals surface area contributed by atoms with Gasteiger partial charge in [-0.15, -0.1) is 0 Å². The molecule has 0 amide bonds. The Morgan fingerprint density at radius 1 is 1.21 bits per heavy atom. The first-order chi connectivity index (χ1) is 9.36. The molecular weight excluding hydrogens is 232 g/mol. The summed E-state index contributed by atoms with van der Waals surface area (Å²) in [5.74, 6) is 0.858. The molecule has 2 heteroatoms. The van der Waals surface area contributed by atoms with Gasteiger partial charge in [0.2, 0.25) is 0 Å². The Morgan fingerprint density at radius 3 is 2.79 bits per heavy atom. The quantitative estimate of drug-likeness (QED) is 0.595. The van der Waals surface area contributed by atoms with Gasteiger partial charge in [0.1, 0.15) is 0 Å². The van der Waals surface area contributed by atoms with Crippen molar-refractivity contribution >= 4 is 5.69 Å². The highest BCUT2D eigenvalue weighted by molar-refractivity contribution is 5.44. The lowest BCUT2D eigenvalue weighted by atomic mass is 9.94. The largest absolute Gasteiger partial charge is 0.375 e. The maximum atomic E-state index is 3.60. The van der Waals surface area contributed by atoms with Gasteiger partial charge < -0.3 is 10.2 Å². The van der Waals surface area contributed by atoms with Crippen LogP contribution in [0.3, 0.4) is 0 Å². The maximum absolute atomic E-state index is 3.60. The van der Waals surface area contributed by atoms with Crippen molar-refractivity contribution in [1.29, 1.82) is 0 Å². The van der Waals surface area contributed by atoms with Crippen molar-refractivity contribution in [3.63, 3.8) is 0 Å². The third kappa shape index (κ3) is 5.07. The first-order valence-corrected chi connectivity index (χ1v) is 7.48. The summed E-state index contributed by atoms with van der Waals surface area (Å²) in [6.07, 6.45) is 9.73. The molecule has 2 rings (SSSR count). The molecule has 1 aliphatic carbocycles. The van der Waals surface area contributed by atoms with E-state index in [9.17, 15) is 0 Å². The molecule has 0 spiro atoms. The van der Waals surface area contributed by atoms with Gasteiger partial charge >= 0.3 is 0 Å². The number of nitrogens with zero attached hydrogens (tertiary/aromatic N) is 1. The fraction of sp³-hybridized carbons (Fsp3) is 0.529. The van der Waals surface area contributed by atoms with Crippen molar-refractivity contribution in [2.75, 3.05) is 31.6 Å². The van der Waals surface area contributed by atoms with E-state index in [1.54, 1.807) is 0 Å². The smallest absolute Gasteiger partial charge is 0.0363 e. The van der Waals surface area contributed by atoms with Crippen LogP contribution in [0.1, 0.15) is 25.7 Å². The lowest BCUT2D eigenvalue weighted by Gasteiger charge is -2.21. The van der Waals surface area contributed by atoms with Gasteiger partial charge in [-0.25, -0.2) is 0 Å². The van der Waals surface area contributed by atoms with E-state index in [1.165, 1.54) is 37.9 Å². The zero-order valence-corrected chi connectivity index (χ0v) is 12.0. The minimum atomic E-state index is 0.858. The summed E-state index contributed by atoms with van der Waals surface area (Å²) >= 11 is 0. The number of para-hydroxylation sites is 1. The fourth-order valence-electron chi connectivity index (χ4n) is 2.60. The lowest BCUT2D eigenvalue weighted by molar-refractivity contribution is 0.439. The first-order valence-electron chi connectivity index (χ1n) is 7.48. The molecule has 104 valence electrons. The van der Waals surface area contributed by atoms with Crippen LogP contribution >= 0.6 is 0 Å². The van der Waals surface area contributed by atoms with Crippen molar-refractivity contribution in [2.45, 2.75) is 25.7 Å². The predicted molar refractivity (Wildman–Crippen MR) is 83.7 cm³/mol. The minimum absolute atomic E-state index is 0.858. The van der Waals surface area contributed by atoms with Crippen molar-refractivity contribution in [2.24, 2.45) is 5.92 Å². The van der Waals surface area contributed by atoms with Crippen LogP contribution in [0, 0.1) is 5.92 Å². The van der Waals surface area contributed by atoms with E-state index in [2.05, 4.69) is 59.7 Å². The lowest BCUT2D eigenvalue weighted by Crippen LogP contribution is -2.27. The van der Waals surface area contributed by atoms with Gasteiger partial charge in [0.25, 0.3) is 0 Å². The topological polar surface area (TPSA) is 15.3 Å². The van der Waals surface area contributed by atoms with Crippen LogP contribution in [0.15, 0.2) is 42.5 Å². The summed E-state index contributed by atoms with van der Waals surface area (Å²) in [6.45, 7) is 3.42. The second kappa shape index (κ2) is 8.00. The van der Waals surface area contributed by atoms with Gasteiger partial charge in [0.15, 0.2) is 0 Å². The van der Waals surface area contributed by atoms with Crippen LogP contribution in [0.5, 0.6) is 0 Å². The number of hydrogen-bond acceptors (Lipinski definition) is 2. The molecule has 0 bridgehead atoms. The van der Waals surface area contributed by atoms with E-state index in [4.69, 9.17) is 0 Å². The molecule has 0 heterocycles. The molecule has 0 saturated carbocycles. The number of anilines is 1. The average Bonchev–Trinajstić information content (AvgIpc) is 2.49. The third-order valence-electron chi connectivity index (χ3n) is 3.85. The molecule has 0 saturated heterocycles. The molecule has 1 N–H and O–H groups in total. The van der Waals surface area contributed by atoms with Crippen LogP contribution in [-0.4, -0.2) is 26.7 Å². The molecule has 1 aliphatic rings. The van der Waals surface area contributed by atoms with Crippen LogP contribution in [0.25, 0.3) is 0 Å². The minimum Gasteiger partial charge on any atom is -0.375 e. The molecular formula is C17H26N2. The van der Waals surface area contributed by atoms with Gasteiger partial charge in [-0.2, -0.15) is 0 Å². The molecule has 1 atom stereocenters. The van der Waals surface area contributed by atoms with E-state index < -0.39 is 0 Å². The zero-order chi connectivity index (χ0) is 13.3. The molecule has 1 aromatic carbocycles. The zero-order valence-electron chi connectivity index (χ0n) is 12.0. The molecule has 19 heavy (non-hydrogen) atoms. The van der Waals surface area contributed by atoms with Gasteiger partial charge in [0.05, 0.1) is 0 Å². The van der Waals surface area contributed by atoms with E-state index in [1.807, 2.05) is 0 Å². The number of rotatable bonds is 7. The van der Waals surface area contributed by atoms with E-state index in [0.29, 0.717) is 0 Å². The Morgan fingerprint density at radius 2 is 2.05 bits per heavy atom. The second-order valence-electron chi connectivity index (χ2n) is 5.47. The normalized spacial score (nSPS) is 18.5. The Balaban J connectivity index is 1.55. The molecule has 0 radical (unpaired) electrons. The molecule has 1 aromatic rings. The van der Waals surface area contributed by atoms with Crippen LogP contribution in [-0.2, 0) is 0 Å². The van der Waals surface area contributed by atoms with Crippen LogP contribution in [0.4, 0.5) is 5.69 Å². The SMILES string of the molecule is CN(CCCNCC1CC=CCC1)c1ccccc1. The van der Waals surface area contributed by atoms with E-state index in [-0.39, 0.29) is 0 Å². The summed E-state index contributed by atoms with van der Waals surface area (Å²) in [6, 6.07) is 10.6. The summed E-state index contributed by atoms with van der Waals surface area (Å²) in [5, 5.41) is 3.60. The Bertz CT molecular complexity index is 372. The van der Waals surface area contributed by atoms with E-state index in [0.717, 1.165) is 19.0 Å². The molecule has 2 nitrogen and oxygen atoms in total. The second-order valence-corrected chi connectivity index (χ2v) is 5.47.